The molecule has 0 N–H and O–H groups in total. The van der Waals surface area contributed by atoms with E-state index in [0.29, 0.717) is 5.88 Å². The van der Waals surface area contributed by atoms with Crippen molar-refractivity contribution in [2.45, 2.75) is 26.4 Å². The highest BCUT2D eigenvalue weighted by Gasteiger charge is 2.02. The second kappa shape index (κ2) is 6.50. The molecule has 2 rings (SSSR count). The molecule has 0 spiro atoms. The van der Waals surface area contributed by atoms with Crippen molar-refractivity contribution in [3.63, 3.8) is 0 Å². The van der Waals surface area contributed by atoms with Crippen LogP contribution in [-0.4, -0.2) is 12.0 Å². The Labute approximate surface area is 119 Å². The van der Waals surface area contributed by atoms with Crippen molar-refractivity contribution in [2.24, 2.45) is 0 Å². The van der Waals surface area contributed by atoms with Crippen LogP contribution >= 0.6 is 11.6 Å². The van der Waals surface area contributed by atoms with Gasteiger partial charge in [-0.15, -0.1) is 11.6 Å². The topological polar surface area (TPSA) is 9.23 Å². The van der Waals surface area contributed by atoms with Gasteiger partial charge in [0, 0.05) is 5.56 Å². The van der Waals surface area contributed by atoms with Crippen LogP contribution in [0.4, 0.5) is 0 Å². The van der Waals surface area contributed by atoms with Gasteiger partial charge in [0.15, 0.2) is 0 Å². The van der Waals surface area contributed by atoms with Gasteiger partial charge in [0.25, 0.3) is 0 Å². The normalized spacial score (nSPS) is 11.7. The first-order valence-electron chi connectivity index (χ1n) is 6.48. The summed E-state index contributed by atoms with van der Waals surface area (Å²) >= 11 is 5.56. The molecule has 0 fully saturated rings. The Morgan fingerprint density at radius 1 is 1.16 bits per heavy atom. The van der Waals surface area contributed by atoms with Crippen LogP contribution < -0.4 is 4.74 Å². The van der Waals surface area contributed by atoms with E-state index < -0.39 is 0 Å². The maximum absolute atomic E-state index is 5.82. The van der Waals surface area contributed by atoms with Gasteiger partial charge in [-0.25, -0.2) is 0 Å². The van der Waals surface area contributed by atoms with E-state index in [1.165, 1.54) is 0 Å². The minimum Gasteiger partial charge on any atom is -0.491 e. The number of rotatable bonds is 3. The molecule has 2 aromatic rings. The summed E-state index contributed by atoms with van der Waals surface area (Å²) in [6, 6.07) is 12.3. The van der Waals surface area contributed by atoms with Gasteiger partial charge in [0.1, 0.15) is 5.75 Å². The van der Waals surface area contributed by atoms with Gasteiger partial charge in [-0.3, -0.25) is 0 Å². The molecule has 0 saturated heterocycles. The molecule has 0 aromatic heterocycles. The van der Waals surface area contributed by atoms with Crippen molar-refractivity contribution >= 4 is 22.4 Å². The highest BCUT2D eigenvalue weighted by molar-refractivity contribution is 6.19. The Hall–Kier alpha value is -1.65. The molecular weight excluding hydrogens is 256 g/mol. The monoisotopic (exact) mass is 272 g/mol. The van der Waals surface area contributed by atoms with Gasteiger partial charge in [-0.2, -0.15) is 0 Å². The van der Waals surface area contributed by atoms with Gasteiger partial charge in [-0.05, 0) is 48.4 Å². The minimum atomic E-state index is 0.242. The average molecular weight is 273 g/mol. The molecule has 2 heteroatoms. The lowest BCUT2D eigenvalue weighted by Gasteiger charge is -2.13. The summed E-state index contributed by atoms with van der Waals surface area (Å²) in [5.74, 6) is 7.17. The summed E-state index contributed by atoms with van der Waals surface area (Å²) in [7, 11) is 0. The molecule has 2 aromatic carbocycles. The van der Waals surface area contributed by atoms with E-state index in [9.17, 15) is 0 Å². The quantitative estimate of drug-likeness (QED) is 0.586. The number of alkyl halides is 1. The Balaban J connectivity index is 2.29. The molecule has 1 atom stereocenters. The lowest BCUT2D eigenvalue weighted by molar-refractivity contribution is 0.218. The summed E-state index contributed by atoms with van der Waals surface area (Å²) in [4.78, 5) is 0. The first-order valence-corrected chi connectivity index (χ1v) is 7.01. The highest BCUT2D eigenvalue weighted by Crippen LogP contribution is 2.23. The Morgan fingerprint density at radius 2 is 1.89 bits per heavy atom. The number of benzene rings is 2. The number of halogens is 1. The Morgan fingerprint density at radius 3 is 2.63 bits per heavy atom. The van der Waals surface area contributed by atoms with Crippen molar-refractivity contribution in [3.8, 4) is 17.6 Å². The van der Waals surface area contributed by atoms with Gasteiger partial charge in [-0.1, -0.05) is 30.9 Å². The molecule has 0 aliphatic carbocycles. The Kier molecular flexibility index (Phi) is 4.71. The van der Waals surface area contributed by atoms with Gasteiger partial charge >= 0.3 is 0 Å². The molecular formula is C17H17ClO. The van der Waals surface area contributed by atoms with E-state index in [1.54, 1.807) is 0 Å². The maximum atomic E-state index is 5.82. The van der Waals surface area contributed by atoms with Crippen LogP contribution in [0.15, 0.2) is 36.4 Å². The fraction of sp³-hybridized carbons (Fsp3) is 0.294. The molecule has 0 bridgehead atoms. The highest BCUT2D eigenvalue weighted by atomic mass is 35.5. The van der Waals surface area contributed by atoms with Crippen molar-refractivity contribution in [1.82, 2.24) is 0 Å². The smallest absolute Gasteiger partial charge is 0.120 e. The predicted octanol–water partition coefficient (Wildman–Crippen LogP) is 4.61. The van der Waals surface area contributed by atoms with E-state index in [2.05, 4.69) is 50.0 Å². The third-order valence-corrected chi connectivity index (χ3v) is 3.16. The van der Waals surface area contributed by atoms with Crippen molar-refractivity contribution in [1.29, 1.82) is 0 Å². The summed E-state index contributed by atoms with van der Waals surface area (Å²) in [6.45, 7) is 4.20. The van der Waals surface area contributed by atoms with Crippen molar-refractivity contribution < 1.29 is 4.74 Å². The lowest BCUT2D eigenvalue weighted by Crippen LogP contribution is -2.09. The van der Waals surface area contributed by atoms with Crippen LogP contribution in [0.5, 0.6) is 5.75 Å². The zero-order valence-electron chi connectivity index (χ0n) is 11.2. The lowest BCUT2D eigenvalue weighted by atomic mass is 10.1. The molecule has 0 amide bonds. The summed E-state index contributed by atoms with van der Waals surface area (Å²) in [5, 5.41) is 2.33. The predicted molar refractivity (Wildman–Crippen MR) is 81.9 cm³/mol. The minimum absolute atomic E-state index is 0.242. The van der Waals surface area contributed by atoms with Crippen LogP contribution in [0, 0.1) is 11.8 Å². The van der Waals surface area contributed by atoms with E-state index >= 15 is 0 Å². The summed E-state index contributed by atoms with van der Waals surface area (Å²) < 4.78 is 5.82. The second-order valence-corrected chi connectivity index (χ2v) is 4.76. The fourth-order valence-electron chi connectivity index (χ4n) is 1.83. The molecule has 0 radical (unpaired) electrons. The van der Waals surface area contributed by atoms with E-state index in [0.717, 1.165) is 28.5 Å². The van der Waals surface area contributed by atoms with E-state index in [-0.39, 0.29) is 6.10 Å². The zero-order chi connectivity index (χ0) is 13.7. The van der Waals surface area contributed by atoms with Crippen LogP contribution in [0.3, 0.4) is 0 Å². The molecule has 0 saturated carbocycles. The van der Waals surface area contributed by atoms with Crippen LogP contribution in [-0.2, 0) is 0 Å². The molecule has 1 nitrogen and oxygen atoms in total. The molecule has 0 heterocycles. The number of hydrogen-bond donors (Lipinski definition) is 0. The number of hydrogen-bond acceptors (Lipinski definition) is 1. The maximum Gasteiger partial charge on any atom is 0.120 e. The summed E-state index contributed by atoms with van der Waals surface area (Å²) in [6.07, 6.45) is 1.25. The molecule has 19 heavy (non-hydrogen) atoms. The SMILES string of the molecule is CCC(C)Oc1ccc2cc(C#CCCl)ccc2c1. The standard InChI is InChI=1S/C17H17ClO/c1-3-13(2)19-17-9-8-15-11-14(5-4-10-18)6-7-16(15)12-17/h6-9,11-13H,3,10H2,1-2H3. The summed E-state index contributed by atoms with van der Waals surface area (Å²) in [5.41, 5.74) is 0.990. The molecule has 0 aliphatic heterocycles. The van der Waals surface area contributed by atoms with Crippen LogP contribution in [0.1, 0.15) is 25.8 Å². The third-order valence-electron chi connectivity index (χ3n) is 3.02. The Bertz CT molecular complexity index is 622. The average Bonchev–Trinajstić information content (AvgIpc) is 2.44. The number of fused-ring (bicyclic) bond motifs is 1. The van der Waals surface area contributed by atoms with E-state index in [4.69, 9.17) is 16.3 Å². The van der Waals surface area contributed by atoms with Gasteiger partial charge in [0.05, 0.1) is 12.0 Å². The number of ether oxygens (including phenoxy) is 1. The van der Waals surface area contributed by atoms with Crippen molar-refractivity contribution in [3.05, 3.63) is 42.0 Å². The molecule has 0 aliphatic rings. The largest absolute Gasteiger partial charge is 0.491 e. The molecule has 98 valence electrons. The van der Waals surface area contributed by atoms with Crippen LogP contribution in [0.2, 0.25) is 0 Å². The van der Waals surface area contributed by atoms with Crippen LogP contribution in [0.25, 0.3) is 10.8 Å². The zero-order valence-corrected chi connectivity index (χ0v) is 12.0. The molecule has 1 unspecified atom stereocenters. The van der Waals surface area contributed by atoms with Gasteiger partial charge < -0.3 is 4.74 Å². The third kappa shape index (κ3) is 3.66. The fourth-order valence-corrected chi connectivity index (χ4v) is 1.89. The van der Waals surface area contributed by atoms with Gasteiger partial charge in [0.2, 0.25) is 0 Å². The van der Waals surface area contributed by atoms with E-state index in [1.807, 2.05) is 12.1 Å². The second-order valence-electron chi connectivity index (χ2n) is 4.50. The first kappa shape index (κ1) is 13.8. The van der Waals surface area contributed by atoms with Crippen molar-refractivity contribution in [2.75, 3.05) is 5.88 Å². The first-order chi connectivity index (χ1) is 9.22.